The minimum Gasteiger partial charge on any atom is -0.343 e. The average molecular weight is 678 g/mol. The van der Waals surface area contributed by atoms with Crippen molar-refractivity contribution in [1.29, 1.82) is 0 Å². The molecule has 0 aliphatic rings. The van der Waals surface area contributed by atoms with E-state index in [1.807, 2.05) is 0 Å². The Bertz CT molecular complexity index is 1210. The SMILES string of the molecule is CCc1cc2c(C(C)C)cc(C(C)C)cc2[cH-]1.CCc1cc2c(C(C)C)cc(C(C)C)cc2[cH-]1.C[Si]C.[CH2-]CCC.[CH2-]CCC.[V+4]. The Labute approximate surface area is 302 Å². The van der Waals surface area contributed by atoms with Crippen LogP contribution in [0.3, 0.4) is 0 Å². The van der Waals surface area contributed by atoms with Crippen molar-refractivity contribution in [2.75, 3.05) is 0 Å². The fourth-order valence-corrected chi connectivity index (χ4v) is 4.90. The molecule has 2 heteroatoms. The number of benzene rings is 2. The second kappa shape index (κ2) is 25.5. The van der Waals surface area contributed by atoms with Gasteiger partial charge in [-0.15, -0.1) is 56.9 Å². The summed E-state index contributed by atoms with van der Waals surface area (Å²) in [5.74, 6) is 2.42. The van der Waals surface area contributed by atoms with Crippen LogP contribution in [0.4, 0.5) is 0 Å². The molecule has 0 bridgehead atoms. The van der Waals surface area contributed by atoms with Gasteiger partial charge in [0.2, 0.25) is 0 Å². The van der Waals surface area contributed by atoms with Crippen molar-refractivity contribution in [3.8, 4) is 0 Å². The van der Waals surface area contributed by atoms with Crippen LogP contribution in [0.5, 0.6) is 0 Å². The van der Waals surface area contributed by atoms with E-state index in [0.717, 1.165) is 35.2 Å². The first-order valence-electron chi connectivity index (χ1n) is 17.9. The molecule has 0 N–H and O–H groups in total. The van der Waals surface area contributed by atoms with Gasteiger partial charge in [-0.05, 0) is 36.5 Å². The molecule has 4 rings (SSSR count). The topological polar surface area (TPSA) is 0 Å². The first kappa shape index (κ1) is 46.6. The van der Waals surface area contributed by atoms with E-state index in [-0.39, 0.29) is 18.6 Å². The van der Waals surface area contributed by atoms with Crippen LogP contribution >= 0.6 is 0 Å². The van der Waals surface area contributed by atoms with Crippen LogP contribution in [0.15, 0.2) is 48.5 Å². The Morgan fingerprint density at radius 2 is 0.826 bits per heavy atom. The first-order valence-corrected chi connectivity index (χ1v) is 19.9. The summed E-state index contributed by atoms with van der Waals surface area (Å²) in [6.07, 6.45) is 6.81. The van der Waals surface area contributed by atoms with Gasteiger partial charge in [-0.2, -0.15) is 25.0 Å². The summed E-state index contributed by atoms with van der Waals surface area (Å²) in [6, 6.07) is 19.0. The fourth-order valence-electron chi connectivity index (χ4n) is 4.90. The molecule has 0 nitrogen and oxygen atoms in total. The summed E-state index contributed by atoms with van der Waals surface area (Å²) in [5.41, 5.74) is 8.87. The molecule has 0 aliphatic carbocycles. The number of hydrogen-bond acceptors (Lipinski definition) is 0. The predicted octanol–water partition coefficient (Wildman–Crippen LogP) is 14.8. The molecule has 0 spiro atoms. The zero-order valence-corrected chi connectivity index (χ0v) is 34.9. The van der Waals surface area contributed by atoms with Gasteiger partial charge in [0.1, 0.15) is 0 Å². The second-order valence-corrected chi connectivity index (χ2v) is 14.5. The average Bonchev–Trinajstić information content (AvgIpc) is 3.64. The molecule has 0 saturated carbocycles. The summed E-state index contributed by atoms with van der Waals surface area (Å²) in [7, 11) is 1.08. The molecule has 0 heterocycles. The molecule has 0 aromatic heterocycles. The van der Waals surface area contributed by atoms with Gasteiger partial charge in [0.15, 0.2) is 0 Å². The van der Waals surface area contributed by atoms with E-state index in [2.05, 4.69) is 159 Å². The van der Waals surface area contributed by atoms with Crippen LogP contribution in [0.1, 0.15) is 166 Å². The third-order valence-corrected chi connectivity index (χ3v) is 7.97. The zero-order chi connectivity index (χ0) is 34.7. The molecular weight excluding hydrogens is 608 g/mol. The number of hydrogen-bond donors (Lipinski definition) is 0. The Hall–Kier alpha value is -1.54. The standard InChI is InChI=1S/2C17H23.2C4H9.C2H6Si.V/c2*1-6-13-7-15-9-14(11(2)3)10-16(12(4)5)17(15)8-13;2*1-3-4-2;1-3-2;/h2*7-12H,6H2,1-5H3;2*1,3-4H2,2H3;1-2H3;/q4*-1;;+4. The molecule has 46 heavy (non-hydrogen) atoms. The Kier molecular flexibility index (Phi) is 25.8. The van der Waals surface area contributed by atoms with Gasteiger partial charge < -0.3 is 13.8 Å². The summed E-state index contributed by atoms with van der Waals surface area (Å²) in [5, 5.41) is 5.77. The predicted molar refractivity (Wildman–Crippen MR) is 212 cm³/mol. The number of unbranched alkanes of at least 4 members (excludes halogenated alkanes) is 2. The second-order valence-electron chi connectivity index (χ2n) is 13.5. The summed E-state index contributed by atoms with van der Waals surface area (Å²) >= 11 is 0. The molecule has 0 saturated heterocycles. The zero-order valence-electron chi connectivity index (χ0n) is 32.5. The minimum absolute atomic E-state index is 0. The Morgan fingerprint density at radius 1 is 0.543 bits per heavy atom. The third-order valence-electron chi connectivity index (χ3n) is 7.97. The maximum absolute atomic E-state index is 3.60. The summed E-state index contributed by atoms with van der Waals surface area (Å²) in [4.78, 5) is 0. The van der Waals surface area contributed by atoms with Crippen LogP contribution < -0.4 is 0 Å². The largest absolute Gasteiger partial charge is 4.00 e. The minimum atomic E-state index is 0. The van der Waals surface area contributed by atoms with Crippen molar-refractivity contribution in [1.82, 2.24) is 0 Å². The molecule has 0 amide bonds. The third kappa shape index (κ3) is 15.6. The summed E-state index contributed by atoms with van der Waals surface area (Å²) in [6.45, 7) is 38.5. The molecule has 4 aromatic rings. The van der Waals surface area contributed by atoms with Crippen LogP contribution in [-0.4, -0.2) is 9.52 Å². The van der Waals surface area contributed by atoms with Gasteiger partial charge >= 0.3 is 18.6 Å². The van der Waals surface area contributed by atoms with Gasteiger partial charge in [0, 0.05) is 9.52 Å². The van der Waals surface area contributed by atoms with Crippen molar-refractivity contribution in [3.63, 3.8) is 0 Å². The van der Waals surface area contributed by atoms with E-state index in [1.54, 1.807) is 0 Å². The van der Waals surface area contributed by atoms with E-state index >= 15 is 0 Å². The van der Waals surface area contributed by atoms with Crippen LogP contribution in [0.2, 0.25) is 13.1 Å². The quantitative estimate of drug-likeness (QED) is 0.129. The van der Waals surface area contributed by atoms with Crippen LogP contribution in [0.25, 0.3) is 21.5 Å². The van der Waals surface area contributed by atoms with E-state index in [1.165, 1.54) is 67.8 Å². The molecule has 0 fully saturated rings. The van der Waals surface area contributed by atoms with E-state index in [4.69, 9.17) is 0 Å². The van der Waals surface area contributed by atoms with Crippen LogP contribution in [-0.2, 0) is 31.4 Å². The van der Waals surface area contributed by atoms with E-state index in [0.29, 0.717) is 23.7 Å². The van der Waals surface area contributed by atoms with E-state index in [9.17, 15) is 0 Å². The molecule has 255 valence electrons. The first-order chi connectivity index (χ1) is 21.3. The van der Waals surface area contributed by atoms with Gasteiger partial charge in [0.05, 0.1) is 0 Å². The molecular formula is C44H70SiV. The molecule has 4 aromatic carbocycles. The van der Waals surface area contributed by atoms with Gasteiger partial charge in [0.25, 0.3) is 0 Å². The van der Waals surface area contributed by atoms with Gasteiger partial charge in [-0.1, -0.05) is 143 Å². The maximum atomic E-state index is 3.60. The normalized spacial score (nSPS) is 10.5. The fraction of sp³-hybridized carbons (Fsp3) is 0.545. The molecule has 3 radical (unpaired) electrons. The smallest absolute Gasteiger partial charge is 0.343 e. The van der Waals surface area contributed by atoms with E-state index < -0.39 is 0 Å². The van der Waals surface area contributed by atoms with Gasteiger partial charge in [-0.25, -0.2) is 0 Å². The number of aryl methyl sites for hydroxylation is 2. The monoisotopic (exact) mass is 677 g/mol. The number of rotatable bonds is 8. The van der Waals surface area contributed by atoms with Crippen molar-refractivity contribution >= 4 is 31.1 Å². The number of fused-ring (bicyclic) bond motifs is 2. The Balaban J connectivity index is 0. The van der Waals surface area contributed by atoms with Crippen molar-refractivity contribution in [2.45, 2.75) is 158 Å². The molecule has 0 atom stereocenters. The van der Waals surface area contributed by atoms with Crippen molar-refractivity contribution < 1.29 is 18.6 Å². The maximum Gasteiger partial charge on any atom is 4.00 e. The molecule has 0 aliphatic heterocycles. The molecule has 0 unspecified atom stereocenters. The van der Waals surface area contributed by atoms with Gasteiger partial charge in [-0.3, -0.25) is 0 Å². The summed E-state index contributed by atoms with van der Waals surface area (Å²) < 4.78 is 0. The Morgan fingerprint density at radius 3 is 1.02 bits per heavy atom. The van der Waals surface area contributed by atoms with Crippen LogP contribution in [0, 0.1) is 13.8 Å². The van der Waals surface area contributed by atoms with Crippen molar-refractivity contribution in [2.24, 2.45) is 0 Å². The van der Waals surface area contributed by atoms with Crippen molar-refractivity contribution in [3.05, 3.63) is 95.8 Å².